The highest BCUT2D eigenvalue weighted by atomic mass is 16.5. The maximum atomic E-state index is 13.4. The lowest BCUT2D eigenvalue weighted by Gasteiger charge is -2.71. The maximum Gasteiger partial charge on any atom is 0.314 e. The van der Waals surface area contributed by atoms with Crippen LogP contribution in [0.5, 0.6) is 0 Å². The number of rotatable bonds is 2. The van der Waals surface area contributed by atoms with Gasteiger partial charge >= 0.3 is 11.9 Å². The molecule has 5 aliphatic rings. The van der Waals surface area contributed by atoms with E-state index in [9.17, 15) is 14.7 Å². The second-order valence-electron chi connectivity index (χ2n) is 14.6. The van der Waals surface area contributed by atoms with Crippen LogP contribution in [0.25, 0.3) is 0 Å². The van der Waals surface area contributed by atoms with Gasteiger partial charge in [0.1, 0.15) is 0 Å². The summed E-state index contributed by atoms with van der Waals surface area (Å²) in [7, 11) is 3.02. The number of aliphatic hydroxyl groups excluding tert-OH is 1. The molecule has 11 atom stereocenters. The van der Waals surface area contributed by atoms with Gasteiger partial charge in [-0.05, 0) is 111 Å². The van der Waals surface area contributed by atoms with Crippen LogP contribution in [-0.2, 0) is 19.1 Å². The number of fused-ring (bicyclic) bond motifs is 7. The van der Waals surface area contributed by atoms with Gasteiger partial charge in [-0.25, -0.2) is 0 Å². The number of ether oxygens (including phenoxy) is 2. The van der Waals surface area contributed by atoms with Gasteiger partial charge in [-0.1, -0.05) is 46.3 Å². The first-order valence-corrected chi connectivity index (χ1v) is 14.8. The number of allylic oxidation sites excluding steroid dienone is 2. The van der Waals surface area contributed by atoms with E-state index >= 15 is 0 Å². The Morgan fingerprint density at radius 2 is 1.54 bits per heavy atom. The molecular formula is C32H50O5. The van der Waals surface area contributed by atoms with E-state index in [1.165, 1.54) is 12.7 Å². The van der Waals surface area contributed by atoms with Gasteiger partial charge in [-0.2, -0.15) is 0 Å². The van der Waals surface area contributed by atoms with E-state index < -0.39 is 16.9 Å². The van der Waals surface area contributed by atoms with E-state index in [-0.39, 0.29) is 40.0 Å². The molecule has 5 heteroatoms. The summed E-state index contributed by atoms with van der Waals surface area (Å²) in [6, 6.07) is 0. The number of aliphatic hydroxyl groups is 1. The standard InChI is InChI=1S/C32H50O5/c1-19-11-16-32(27(35)37-8)18-17-29(4)21(25(32)20(19)2)9-10-22-28(3)14-13-24(33)31(6,26(34)36-7)23(28)12-15-30(22,29)5/h9,19-20,22-25,33H,10-18H2,1-8H3/t19-,20+,22-,23-,24-,25+,28-,29-,30-,31+,32+/m1/s1. The smallest absolute Gasteiger partial charge is 0.314 e. The van der Waals surface area contributed by atoms with Crippen LogP contribution in [0.15, 0.2) is 11.6 Å². The minimum absolute atomic E-state index is 0.00254. The third-order valence-corrected chi connectivity index (χ3v) is 13.8. The predicted octanol–water partition coefficient (Wildman–Crippen LogP) is 6.33. The molecule has 0 radical (unpaired) electrons. The van der Waals surface area contributed by atoms with Crippen molar-refractivity contribution in [3.05, 3.63) is 11.6 Å². The van der Waals surface area contributed by atoms with Gasteiger partial charge in [0.25, 0.3) is 0 Å². The number of carbonyl (C=O) groups is 2. The van der Waals surface area contributed by atoms with Crippen LogP contribution < -0.4 is 0 Å². The summed E-state index contributed by atoms with van der Waals surface area (Å²) in [5, 5.41) is 11.1. The van der Waals surface area contributed by atoms with Crippen molar-refractivity contribution in [1.82, 2.24) is 0 Å². The van der Waals surface area contributed by atoms with Crippen molar-refractivity contribution in [2.45, 2.75) is 105 Å². The Kier molecular flexibility index (Phi) is 6.30. The van der Waals surface area contributed by atoms with Gasteiger partial charge in [-0.3, -0.25) is 9.59 Å². The number of hydrogen-bond acceptors (Lipinski definition) is 5. The lowest BCUT2D eigenvalue weighted by atomic mass is 9.33. The van der Waals surface area contributed by atoms with Crippen molar-refractivity contribution in [2.24, 2.45) is 56.7 Å². The fraction of sp³-hybridized carbons (Fsp3) is 0.875. The minimum atomic E-state index is -0.867. The summed E-state index contributed by atoms with van der Waals surface area (Å²) in [6.07, 6.45) is 10.3. The first kappa shape index (κ1) is 27.2. The maximum absolute atomic E-state index is 13.4. The summed E-state index contributed by atoms with van der Waals surface area (Å²) in [6.45, 7) is 14.1. The zero-order valence-corrected chi connectivity index (χ0v) is 24.5. The molecular weight excluding hydrogens is 464 g/mol. The van der Waals surface area contributed by atoms with Crippen molar-refractivity contribution in [2.75, 3.05) is 14.2 Å². The molecule has 0 bridgehead atoms. The topological polar surface area (TPSA) is 72.8 Å². The van der Waals surface area contributed by atoms with Crippen LogP contribution >= 0.6 is 0 Å². The number of esters is 2. The monoisotopic (exact) mass is 514 g/mol. The quantitative estimate of drug-likeness (QED) is 0.344. The summed E-state index contributed by atoms with van der Waals surface area (Å²) >= 11 is 0. The minimum Gasteiger partial charge on any atom is -0.469 e. The fourth-order valence-corrected chi connectivity index (χ4v) is 11.2. The van der Waals surface area contributed by atoms with Crippen LogP contribution in [0.3, 0.4) is 0 Å². The van der Waals surface area contributed by atoms with Gasteiger partial charge in [0, 0.05) is 0 Å². The third kappa shape index (κ3) is 3.19. The second-order valence-corrected chi connectivity index (χ2v) is 14.6. The average molecular weight is 515 g/mol. The Morgan fingerprint density at radius 3 is 2.19 bits per heavy atom. The Hall–Kier alpha value is -1.36. The van der Waals surface area contributed by atoms with Gasteiger partial charge in [0.05, 0.1) is 31.2 Å². The highest BCUT2D eigenvalue weighted by molar-refractivity contribution is 5.79. The van der Waals surface area contributed by atoms with Crippen LogP contribution in [0.2, 0.25) is 0 Å². The van der Waals surface area contributed by atoms with Gasteiger partial charge in [0.2, 0.25) is 0 Å². The summed E-state index contributed by atoms with van der Waals surface area (Å²) < 4.78 is 10.8. The van der Waals surface area contributed by atoms with Gasteiger partial charge in [-0.15, -0.1) is 0 Å². The molecule has 1 N–H and O–H groups in total. The van der Waals surface area contributed by atoms with Crippen LogP contribution in [-0.4, -0.2) is 37.4 Å². The van der Waals surface area contributed by atoms with Gasteiger partial charge < -0.3 is 14.6 Å². The lowest BCUT2D eigenvalue weighted by Crippen LogP contribution is -2.67. The molecule has 0 aromatic rings. The van der Waals surface area contributed by atoms with E-state index in [0.29, 0.717) is 24.2 Å². The first-order valence-electron chi connectivity index (χ1n) is 14.8. The molecule has 208 valence electrons. The third-order valence-electron chi connectivity index (χ3n) is 13.8. The molecule has 0 aromatic heterocycles. The van der Waals surface area contributed by atoms with E-state index in [1.807, 2.05) is 6.92 Å². The second kappa shape index (κ2) is 8.57. The van der Waals surface area contributed by atoms with Gasteiger partial charge in [0.15, 0.2) is 0 Å². The largest absolute Gasteiger partial charge is 0.469 e. The molecule has 4 fully saturated rings. The number of methoxy groups -OCH3 is 2. The molecule has 0 aromatic carbocycles. The zero-order valence-electron chi connectivity index (χ0n) is 24.5. The summed E-state index contributed by atoms with van der Waals surface area (Å²) in [5.74, 6) is 1.52. The van der Waals surface area contributed by atoms with E-state index in [0.717, 1.165) is 51.4 Å². The van der Waals surface area contributed by atoms with Crippen molar-refractivity contribution in [3.8, 4) is 0 Å². The molecule has 5 nitrogen and oxygen atoms in total. The molecule has 0 unspecified atom stereocenters. The zero-order chi connectivity index (χ0) is 27.2. The molecule has 5 rings (SSSR count). The number of carbonyl (C=O) groups excluding carboxylic acids is 2. The normalized spacial score (nSPS) is 52.9. The Labute approximate surface area is 224 Å². The van der Waals surface area contributed by atoms with Crippen molar-refractivity contribution in [3.63, 3.8) is 0 Å². The highest BCUT2D eigenvalue weighted by Crippen LogP contribution is 2.75. The van der Waals surface area contributed by atoms with Crippen LogP contribution in [0, 0.1) is 56.7 Å². The Bertz CT molecular complexity index is 1000. The molecule has 0 heterocycles. The van der Waals surface area contributed by atoms with Crippen molar-refractivity contribution >= 4 is 11.9 Å². The van der Waals surface area contributed by atoms with E-state index in [2.05, 4.69) is 40.7 Å². The molecule has 4 saturated carbocycles. The van der Waals surface area contributed by atoms with Crippen LogP contribution in [0.4, 0.5) is 0 Å². The summed E-state index contributed by atoms with van der Waals surface area (Å²) in [5.41, 5.74) is 0.292. The Balaban J connectivity index is 1.61. The van der Waals surface area contributed by atoms with Crippen molar-refractivity contribution in [1.29, 1.82) is 0 Å². The molecule has 0 aliphatic heterocycles. The SMILES string of the molecule is COC(=O)[C@]12CC[C@@H](C)[C@H](C)[C@H]1C1=CC[C@@H]3[C@@]4(C)CC[C@@H](O)[C@@](C)(C(=O)OC)[C@@H]4CC[C@@]3(C)[C@]1(C)CC2. The van der Waals surface area contributed by atoms with Crippen LogP contribution in [0.1, 0.15) is 99.3 Å². The van der Waals surface area contributed by atoms with E-state index in [1.54, 1.807) is 7.11 Å². The molecule has 0 amide bonds. The first-order chi connectivity index (χ1) is 17.3. The molecule has 37 heavy (non-hydrogen) atoms. The van der Waals surface area contributed by atoms with E-state index in [4.69, 9.17) is 9.47 Å². The lowest BCUT2D eigenvalue weighted by molar-refractivity contribution is -0.219. The highest BCUT2D eigenvalue weighted by Gasteiger charge is 2.71. The number of hydrogen-bond donors (Lipinski definition) is 1. The fourth-order valence-electron chi connectivity index (χ4n) is 11.2. The molecule has 5 aliphatic carbocycles. The van der Waals surface area contributed by atoms with Crippen molar-refractivity contribution < 1.29 is 24.2 Å². The molecule has 0 saturated heterocycles. The predicted molar refractivity (Wildman–Crippen MR) is 143 cm³/mol. The summed E-state index contributed by atoms with van der Waals surface area (Å²) in [4.78, 5) is 26.6. The average Bonchev–Trinajstić information content (AvgIpc) is 2.88. The Morgan fingerprint density at radius 1 is 0.865 bits per heavy atom. The molecule has 0 spiro atoms.